The van der Waals surface area contributed by atoms with Gasteiger partial charge in [-0.05, 0) is 18.6 Å². The second-order valence-electron chi connectivity index (χ2n) is 5.13. The minimum atomic E-state index is -0.623. The summed E-state index contributed by atoms with van der Waals surface area (Å²) < 4.78 is 4.45. The molecule has 2 aliphatic heterocycles. The van der Waals surface area contributed by atoms with Gasteiger partial charge >= 0.3 is 11.9 Å². The number of imide groups is 1. The number of carbonyl (C=O) groups is 4. The molecule has 120 valence electrons. The van der Waals surface area contributed by atoms with Crippen molar-refractivity contribution in [1.29, 1.82) is 0 Å². The van der Waals surface area contributed by atoms with Crippen LogP contribution in [0.4, 0.5) is 5.82 Å². The molecule has 0 aromatic carbocycles. The summed E-state index contributed by atoms with van der Waals surface area (Å²) in [7, 11) is 2.22. The Morgan fingerprint density at radius 3 is 2.48 bits per heavy atom. The molecule has 2 saturated heterocycles. The standard InChI is InChI=1S/C14H12N2O5S2/c1-7-2-3-10(15-6-7)16-11(17)4-8(13(16)19)22-23-9-5-12(18)21-14(9)20/h2-3,6,8-9H,4-5H2,1H3. The minimum Gasteiger partial charge on any atom is -0.392 e. The average Bonchev–Trinajstić information content (AvgIpc) is 2.97. The second-order valence-corrected chi connectivity index (χ2v) is 7.81. The van der Waals surface area contributed by atoms with Crippen molar-refractivity contribution in [3.8, 4) is 0 Å². The molecule has 0 radical (unpaired) electrons. The molecular weight excluding hydrogens is 340 g/mol. The summed E-state index contributed by atoms with van der Waals surface area (Å²) in [6.45, 7) is 1.86. The number of aryl methyl sites for hydroxylation is 1. The summed E-state index contributed by atoms with van der Waals surface area (Å²) in [6.07, 6.45) is 1.63. The van der Waals surface area contributed by atoms with E-state index < -0.39 is 22.4 Å². The highest BCUT2D eigenvalue weighted by molar-refractivity contribution is 8.77. The number of cyclic esters (lactones) is 2. The van der Waals surface area contributed by atoms with E-state index in [4.69, 9.17) is 0 Å². The first-order chi connectivity index (χ1) is 11.0. The molecular formula is C14H12N2O5S2. The van der Waals surface area contributed by atoms with E-state index in [2.05, 4.69) is 9.72 Å². The fourth-order valence-corrected chi connectivity index (χ4v) is 4.87. The number of esters is 2. The van der Waals surface area contributed by atoms with Gasteiger partial charge in [0.2, 0.25) is 11.8 Å². The van der Waals surface area contributed by atoms with Crippen molar-refractivity contribution >= 4 is 51.2 Å². The monoisotopic (exact) mass is 352 g/mol. The van der Waals surface area contributed by atoms with E-state index in [9.17, 15) is 19.2 Å². The summed E-state index contributed by atoms with van der Waals surface area (Å²) in [5.74, 6) is -1.54. The van der Waals surface area contributed by atoms with Gasteiger partial charge in [0.25, 0.3) is 0 Å². The number of hydrogen-bond acceptors (Lipinski definition) is 8. The average molecular weight is 352 g/mol. The summed E-state index contributed by atoms with van der Waals surface area (Å²) in [5, 5.41) is -1.22. The van der Waals surface area contributed by atoms with Crippen molar-refractivity contribution in [3.05, 3.63) is 23.9 Å². The van der Waals surface area contributed by atoms with Crippen molar-refractivity contribution in [2.45, 2.75) is 30.3 Å². The number of rotatable bonds is 4. The molecule has 0 saturated carbocycles. The Labute approximate surface area is 139 Å². The van der Waals surface area contributed by atoms with E-state index in [1.165, 1.54) is 0 Å². The van der Waals surface area contributed by atoms with Crippen molar-refractivity contribution in [3.63, 3.8) is 0 Å². The normalized spacial score (nSPS) is 24.5. The van der Waals surface area contributed by atoms with Crippen LogP contribution in [0.3, 0.4) is 0 Å². The minimum absolute atomic E-state index is 0.00537. The summed E-state index contributed by atoms with van der Waals surface area (Å²) in [4.78, 5) is 52.1. The largest absolute Gasteiger partial charge is 0.392 e. The fraction of sp³-hybridized carbons (Fsp3) is 0.357. The predicted molar refractivity (Wildman–Crippen MR) is 84.6 cm³/mol. The maximum absolute atomic E-state index is 12.4. The second kappa shape index (κ2) is 6.32. The van der Waals surface area contributed by atoms with Gasteiger partial charge in [-0.3, -0.25) is 19.2 Å². The van der Waals surface area contributed by atoms with Crippen molar-refractivity contribution in [1.82, 2.24) is 4.98 Å². The number of nitrogens with zero attached hydrogens (tertiary/aromatic N) is 2. The van der Waals surface area contributed by atoms with Crippen molar-refractivity contribution in [2.75, 3.05) is 4.90 Å². The Morgan fingerprint density at radius 1 is 1.13 bits per heavy atom. The van der Waals surface area contributed by atoms with Crippen LogP contribution in [-0.4, -0.2) is 39.2 Å². The molecule has 3 heterocycles. The molecule has 2 aliphatic rings. The zero-order chi connectivity index (χ0) is 16.6. The van der Waals surface area contributed by atoms with Gasteiger partial charge in [0.1, 0.15) is 16.3 Å². The molecule has 0 spiro atoms. The van der Waals surface area contributed by atoms with Crippen LogP contribution in [0.1, 0.15) is 18.4 Å². The Hall–Kier alpha value is -1.87. The predicted octanol–water partition coefficient (Wildman–Crippen LogP) is 1.25. The van der Waals surface area contributed by atoms with Gasteiger partial charge in [-0.25, -0.2) is 9.88 Å². The van der Waals surface area contributed by atoms with Crippen LogP contribution in [0.2, 0.25) is 0 Å². The molecule has 3 rings (SSSR count). The van der Waals surface area contributed by atoms with Crippen LogP contribution in [-0.2, 0) is 23.9 Å². The van der Waals surface area contributed by atoms with E-state index in [-0.39, 0.29) is 24.7 Å². The third kappa shape index (κ3) is 3.25. The summed E-state index contributed by atoms with van der Waals surface area (Å²) in [6, 6.07) is 3.40. The number of ether oxygens (including phenoxy) is 1. The maximum Gasteiger partial charge on any atom is 0.328 e. The molecule has 2 fully saturated rings. The third-order valence-corrected chi connectivity index (χ3v) is 6.38. The molecule has 9 heteroatoms. The molecule has 23 heavy (non-hydrogen) atoms. The van der Waals surface area contributed by atoms with Crippen LogP contribution < -0.4 is 4.90 Å². The van der Waals surface area contributed by atoms with Gasteiger partial charge in [0.15, 0.2) is 0 Å². The first-order valence-electron chi connectivity index (χ1n) is 6.82. The molecule has 2 unspecified atom stereocenters. The molecule has 0 aliphatic carbocycles. The Morgan fingerprint density at radius 2 is 1.87 bits per heavy atom. The summed E-state index contributed by atoms with van der Waals surface area (Å²) in [5.41, 5.74) is 0.929. The quantitative estimate of drug-likeness (QED) is 0.346. The Balaban J connectivity index is 1.65. The van der Waals surface area contributed by atoms with Gasteiger partial charge in [-0.1, -0.05) is 27.7 Å². The van der Waals surface area contributed by atoms with E-state index in [1.54, 1.807) is 18.3 Å². The smallest absolute Gasteiger partial charge is 0.328 e. The van der Waals surface area contributed by atoms with Gasteiger partial charge in [0, 0.05) is 12.6 Å². The number of carbonyl (C=O) groups excluding carboxylic acids is 4. The van der Waals surface area contributed by atoms with Crippen LogP contribution in [0.5, 0.6) is 0 Å². The van der Waals surface area contributed by atoms with Crippen molar-refractivity contribution < 1.29 is 23.9 Å². The summed E-state index contributed by atoms with van der Waals surface area (Å²) >= 11 is 0. The molecule has 1 aromatic heterocycles. The van der Waals surface area contributed by atoms with E-state index in [0.29, 0.717) is 5.82 Å². The van der Waals surface area contributed by atoms with Crippen molar-refractivity contribution in [2.24, 2.45) is 0 Å². The van der Waals surface area contributed by atoms with Crippen LogP contribution in [0.25, 0.3) is 0 Å². The topological polar surface area (TPSA) is 93.6 Å². The lowest BCUT2D eigenvalue weighted by molar-refractivity contribution is -0.151. The molecule has 0 bridgehead atoms. The number of anilines is 1. The van der Waals surface area contributed by atoms with Gasteiger partial charge < -0.3 is 4.74 Å². The molecule has 7 nitrogen and oxygen atoms in total. The lowest BCUT2D eigenvalue weighted by atomic mass is 10.3. The highest BCUT2D eigenvalue weighted by Gasteiger charge is 2.42. The van der Waals surface area contributed by atoms with Gasteiger partial charge in [-0.2, -0.15) is 0 Å². The zero-order valence-corrected chi connectivity index (χ0v) is 13.7. The third-order valence-electron chi connectivity index (χ3n) is 3.35. The number of hydrogen-bond donors (Lipinski definition) is 0. The van der Waals surface area contributed by atoms with E-state index in [1.807, 2.05) is 6.92 Å². The number of amides is 2. The van der Waals surface area contributed by atoms with E-state index >= 15 is 0 Å². The first kappa shape index (κ1) is 16.0. The Bertz CT molecular complexity index is 691. The number of pyridine rings is 1. The van der Waals surface area contributed by atoms with Crippen LogP contribution >= 0.6 is 21.6 Å². The lowest BCUT2D eigenvalue weighted by Gasteiger charge is -2.14. The van der Waals surface area contributed by atoms with Crippen LogP contribution in [0, 0.1) is 6.92 Å². The van der Waals surface area contributed by atoms with E-state index in [0.717, 1.165) is 32.1 Å². The molecule has 0 N–H and O–H groups in total. The molecule has 1 aromatic rings. The maximum atomic E-state index is 12.4. The SMILES string of the molecule is Cc1ccc(N2C(=O)CC(SSC3CC(=O)OC3=O)C2=O)nc1. The van der Waals surface area contributed by atoms with Gasteiger partial charge in [-0.15, -0.1) is 0 Å². The zero-order valence-electron chi connectivity index (χ0n) is 12.1. The molecule has 2 amide bonds. The van der Waals surface area contributed by atoms with Gasteiger partial charge in [0.05, 0.1) is 6.42 Å². The number of aromatic nitrogens is 1. The van der Waals surface area contributed by atoms with Crippen LogP contribution in [0.15, 0.2) is 18.3 Å². The highest BCUT2D eigenvalue weighted by atomic mass is 33.1. The fourth-order valence-electron chi connectivity index (χ4n) is 2.17. The Kier molecular flexibility index (Phi) is 4.40. The highest BCUT2D eigenvalue weighted by Crippen LogP contribution is 2.40. The lowest BCUT2D eigenvalue weighted by Crippen LogP contribution is -2.31. The molecule has 2 atom stereocenters. The first-order valence-corrected chi connectivity index (χ1v) is 9.09.